The van der Waals surface area contributed by atoms with Crippen LogP contribution < -0.4 is 14.8 Å². The van der Waals surface area contributed by atoms with Crippen molar-refractivity contribution in [2.24, 2.45) is 0 Å². The van der Waals surface area contributed by atoms with Gasteiger partial charge in [0.2, 0.25) is 0 Å². The molecule has 0 radical (unpaired) electrons. The summed E-state index contributed by atoms with van der Waals surface area (Å²) in [4.78, 5) is 2.39. The summed E-state index contributed by atoms with van der Waals surface area (Å²) in [5.41, 5.74) is 1.24. The molecule has 0 saturated carbocycles. The zero-order valence-corrected chi connectivity index (χ0v) is 14.0. The molecule has 0 aromatic heterocycles. The minimum Gasteiger partial charge on any atom is -0.494 e. The number of ether oxygens (including phenoxy) is 2. The molecule has 0 bridgehead atoms. The Morgan fingerprint density at radius 2 is 2.14 bits per heavy atom. The number of benzene rings is 1. The van der Waals surface area contributed by atoms with Crippen molar-refractivity contribution in [2.45, 2.75) is 44.2 Å². The van der Waals surface area contributed by atoms with E-state index in [-0.39, 0.29) is 5.60 Å². The van der Waals surface area contributed by atoms with Gasteiger partial charge in [-0.3, -0.25) is 0 Å². The van der Waals surface area contributed by atoms with Crippen LogP contribution in [-0.4, -0.2) is 44.3 Å². The second-order valence-electron chi connectivity index (χ2n) is 6.68. The molecule has 122 valence electrons. The molecule has 4 heteroatoms. The summed E-state index contributed by atoms with van der Waals surface area (Å²) in [6, 6.07) is 6.62. The Labute approximate surface area is 133 Å². The normalized spacial score (nSPS) is 23.9. The quantitative estimate of drug-likeness (QED) is 0.927. The van der Waals surface area contributed by atoms with Crippen molar-refractivity contribution in [1.82, 2.24) is 10.2 Å². The highest BCUT2D eigenvalue weighted by atomic mass is 16.5. The summed E-state index contributed by atoms with van der Waals surface area (Å²) in [5.74, 6) is 1.97. The van der Waals surface area contributed by atoms with Gasteiger partial charge in [0.05, 0.1) is 6.61 Å². The monoisotopic (exact) mass is 304 g/mol. The Morgan fingerprint density at radius 1 is 1.36 bits per heavy atom. The molecule has 1 fully saturated rings. The number of piperidine rings is 1. The van der Waals surface area contributed by atoms with Crippen LogP contribution in [0.3, 0.4) is 0 Å². The maximum Gasteiger partial charge on any atom is 0.125 e. The summed E-state index contributed by atoms with van der Waals surface area (Å²) in [5, 5.41) is 3.48. The van der Waals surface area contributed by atoms with E-state index in [4.69, 9.17) is 9.47 Å². The maximum atomic E-state index is 6.48. The predicted molar refractivity (Wildman–Crippen MR) is 88.7 cm³/mol. The average molecular weight is 304 g/mol. The third-order valence-electron chi connectivity index (χ3n) is 4.98. The first-order valence-corrected chi connectivity index (χ1v) is 8.47. The Balaban J connectivity index is 1.83. The van der Waals surface area contributed by atoms with Gasteiger partial charge in [-0.15, -0.1) is 0 Å². The molecule has 0 amide bonds. The molecule has 4 nitrogen and oxygen atoms in total. The first-order chi connectivity index (χ1) is 10.7. The summed E-state index contributed by atoms with van der Waals surface area (Å²) in [7, 11) is 4.23. The van der Waals surface area contributed by atoms with Crippen LogP contribution in [0.2, 0.25) is 0 Å². The second-order valence-corrected chi connectivity index (χ2v) is 6.68. The van der Waals surface area contributed by atoms with E-state index in [1.165, 1.54) is 5.56 Å². The van der Waals surface area contributed by atoms with Crippen molar-refractivity contribution in [3.8, 4) is 11.5 Å². The van der Waals surface area contributed by atoms with Crippen molar-refractivity contribution in [1.29, 1.82) is 0 Å². The Kier molecular flexibility index (Phi) is 4.59. The van der Waals surface area contributed by atoms with E-state index < -0.39 is 0 Å². The molecule has 1 unspecified atom stereocenters. The fraction of sp³-hybridized carbons (Fsp3) is 0.667. The van der Waals surface area contributed by atoms with Gasteiger partial charge in [0.15, 0.2) is 0 Å². The lowest BCUT2D eigenvalue weighted by molar-refractivity contribution is -0.0196. The van der Waals surface area contributed by atoms with Crippen LogP contribution in [-0.2, 0) is 0 Å². The van der Waals surface area contributed by atoms with Crippen molar-refractivity contribution in [2.75, 3.05) is 33.8 Å². The lowest BCUT2D eigenvalue weighted by atomic mass is 9.80. The van der Waals surface area contributed by atoms with Crippen LogP contribution in [0.1, 0.15) is 44.2 Å². The van der Waals surface area contributed by atoms with Gasteiger partial charge in [-0.2, -0.15) is 0 Å². The minimum absolute atomic E-state index is 0.00101. The van der Waals surface area contributed by atoms with Gasteiger partial charge in [-0.1, -0.05) is 6.92 Å². The first-order valence-electron chi connectivity index (χ1n) is 8.47. The molecule has 1 aromatic rings. The van der Waals surface area contributed by atoms with Gasteiger partial charge in [-0.05, 0) is 51.6 Å². The zero-order valence-electron chi connectivity index (χ0n) is 14.0. The third kappa shape index (κ3) is 3.08. The van der Waals surface area contributed by atoms with Gasteiger partial charge in [0.1, 0.15) is 17.1 Å². The van der Waals surface area contributed by atoms with E-state index in [9.17, 15) is 0 Å². The van der Waals surface area contributed by atoms with Crippen LogP contribution in [0.5, 0.6) is 11.5 Å². The molecule has 2 aliphatic rings. The van der Waals surface area contributed by atoms with E-state index in [2.05, 4.69) is 36.3 Å². The molecule has 2 heterocycles. The van der Waals surface area contributed by atoms with E-state index in [1.54, 1.807) is 0 Å². The van der Waals surface area contributed by atoms with Crippen LogP contribution in [0.25, 0.3) is 0 Å². The topological polar surface area (TPSA) is 33.7 Å². The van der Waals surface area contributed by atoms with E-state index >= 15 is 0 Å². The van der Waals surface area contributed by atoms with E-state index in [0.29, 0.717) is 6.04 Å². The molecule has 1 spiro atoms. The first kappa shape index (κ1) is 15.6. The standard InChI is InChI=1S/C18H28N2O2/c1-4-11-21-14-5-6-17-15(12-14)16(19-2)13-18(22-17)7-9-20(3)10-8-18/h5-6,12,16,19H,4,7-11,13H2,1-3H3. The van der Waals surface area contributed by atoms with Gasteiger partial charge in [0, 0.05) is 31.1 Å². The summed E-state index contributed by atoms with van der Waals surface area (Å²) in [6.45, 7) is 5.12. The van der Waals surface area contributed by atoms with E-state index in [1.807, 2.05) is 13.1 Å². The number of fused-ring (bicyclic) bond motifs is 1. The van der Waals surface area contributed by atoms with Crippen LogP contribution in [0, 0.1) is 0 Å². The van der Waals surface area contributed by atoms with E-state index in [0.717, 1.165) is 56.9 Å². The highest BCUT2D eigenvalue weighted by Gasteiger charge is 2.42. The SMILES string of the molecule is CCCOc1ccc2c(c1)C(NC)CC1(CCN(C)CC1)O2. The predicted octanol–water partition coefficient (Wildman–Crippen LogP) is 2.98. The molecule has 1 atom stereocenters. The maximum absolute atomic E-state index is 6.48. The fourth-order valence-electron chi connectivity index (χ4n) is 3.55. The number of hydrogen-bond acceptors (Lipinski definition) is 4. The number of nitrogens with zero attached hydrogens (tertiary/aromatic N) is 1. The molecule has 1 saturated heterocycles. The van der Waals surface area contributed by atoms with Gasteiger partial charge >= 0.3 is 0 Å². The third-order valence-corrected chi connectivity index (χ3v) is 4.98. The second kappa shape index (κ2) is 6.47. The average Bonchev–Trinajstić information content (AvgIpc) is 2.55. The zero-order chi connectivity index (χ0) is 15.6. The summed E-state index contributed by atoms with van der Waals surface area (Å²) >= 11 is 0. The van der Waals surface area contributed by atoms with Gasteiger partial charge in [-0.25, -0.2) is 0 Å². The summed E-state index contributed by atoms with van der Waals surface area (Å²) < 4.78 is 12.3. The Bertz CT molecular complexity index is 510. The molecule has 1 aromatic carbocycles. The summed E-state index contributed by atoms with van der Waals surface area (Å²) in [6.07, 6.45) is 4.28. The van der Waals surface area contributed by atoms with Crippen LogP contribution in [0.15, 0.2) is 18.2 Å². The molecule has 0 aliphatic carbocycles. The lowest BCUT2D eigenvalue weighted by Crippen LogP contribution is -2.50. The van der Waals surface area contributed by atoms with Crippen LogP contribution >= 0.6 is 0 Å². The minimum atomic E-state index is -0.00101. The lowest BCUT2D eigenvalue weighted by Gasteiger charge is -2.46. The van der Waals surface area contributed by atoms with Crippen LogP contribution in [0.4, 0.5) is 0 Å². The molecule has 22 heavy (non-hydrogen) atoms. The Morgan fingerprint density at radius 3 is 2.82 bits per heavy atom. The number of likely N-dealkylation sites (tertiary alicyclic amines) is 1. The molecular formula is C18H28N2O2. The van der Waals surface area contributed by atoms with Gasteiger partial charge < -0.3 is 19.7 Å². The Hall–Kier alpha value is -1.26. The van der Waals surface area contributed by atoms with Crippen molar-refractivity contribution < 1.29 is 9.47 Å². The van der Waals surface area contributed by atoms with Crippen molar-refractivity contribution in [3.05, 3.63) is 23.8 Å². The van der Waals surface area contributed by atoms with Crippen molar-refractivity contribution in [3.63, 3.8) is 0 Å². The molecule has 2 aliphatic heterocycles. The number of nitrogens with one attached hydrogen (secondary N) is 1. The molecular weight excluding hydrogens is 276 g/mol. The van der Waals surface area contributed by atoms with Crippen molar-refractivity contribution >= 4 is 0 Å². The largest absolute Gasteiger partial charge is 0.494 e. The smallest absolute Gasteiger partial charge is 0.125 e. The van der Waals surface area contributed by atoms with Gasteiger partial charge in [0.25, 0.3) is 0 Å². The number of rotatable bonds is 4. The fourth-order valence-corrected chi connectivity index (χ4v) is 3.55. The highest BCUT2D eigenvalue weighted by molar-refractivity contribution is 5.44. The highest BCUT2D eigenvalue weighted by Crippen LogP contribution is 2.45. The molecule has 1 N–H and O–H groups in total. The molecule has 3 rings (SSSR count). The number of hydrogen-bond donors (Lipinski definition) is 1.